The van der Waals surface area contributed by atoms with Crippen molar-refractivity contribution in [1.29, 1.82) is 0 Å². The van der Waals surface area contributed by atoms with Crippen molar-refractivity contribution in [3.05, 3.63) is 16.9 Å². The summed E-state index contributed by atoms with van der Waals surface area (Å²) < 4.78 is 0. The highest BCUT2D eigenvalue weighted by atomic mass is 35.5. The highest BCUT2D eigenvalue weighted by molar-refractivity contribution is 6.29. The summed E-state index contributed by atoms with van der Waals surface area (Å²) in [5.41, 5.74) is 0.0731. The highest BCUT2D eigenvalue weighted by Gasteiger charge is 2.66. The number of aliphatic carboxylic acids is 1. The van der Waals surface area contributed by atoms with Crippen molar-refractivity contribution in [1.82, 2.24) is 9.97 Å². The van der Waals surface area contributed by atoms with Crippen LogP contribution in [0.5, 0.6) is 0 Å². The molecule has 1 heterocycles. The molecule has 2 unspecified atom stereocenters. The topological polar surface area (TPSA) is 92.2 Å². The van der Waals surface area contributed by atoms with E-state index < -0.39 is 23.2 Å². The Morgan fingerprint density at radius 1 is 1.37 bits per heavy atom. The van der Waals surface area contributed by atoms with Crippen LogP contribution >= 0.6 is 11.6 Å². The second-order valence-corrected chi connectivity index (χ2v) is 5.65. The summed E-state index contributed by atoms with van der Waals surface area (Å²) in [5, 5.41) is 11.8. The number of hydrogen-bond donors (Lipinski definition) is 2. The average Bonchev–Trinajstić information content (AvgIpc) is 2.80. The third-order valence-electron chi connectivity index (χ3n) is 3.43. The van der Waals surface area contributed by atoms with E-state index in [1.54, 1.807) is 26.8 Å². The van der Waals surface area contributed by atoms with Crippen molar-refractivity contribution in [3.63, 3.8) is 0 Å². The minimum atomic E-state index is -0.964. The minimum Gasteiger partial charge on any atom is -0.481 e. The number of hydrogen-bond acceptors (Lipinski definition) is 4. The zero-order valence-corrected chi connectivity index (χ0v) is 11.5. The fourth-order valence-electron chi connectivity index (χ4n) is 2.36. The van der Waals surface area contributed by atoms with Gasteiger partial charge in [-0.3, -0.25) is 14.9 Å². The number of nitrogens with zero attached hydrogens (tertiary/aromatic N) is 2. The molecule has 102 valence electrons. The van der Waals surface area contributed by atoms with E-state index in [2.05, 4.69) is 15.3 Å². The first kappa shape index (κ1) is 13.7. The molecule has 2 rings (SSSR count). The van der Waals surface area contributed by atoms with Crippen molar-refractivity contribution in [2.24, 2.45) is 17.3 Å². The van der Waals surface area contributed by atoms with E-state index in [-0.39, 0.29) is 17.0 Å². The Morgan fingerprint density at radius 2 is 2.00 bits per heavy atom. The van der Waals surface area contributed by atoms with Gasteiger partial charge in [0.25, 0.3) is 0 Å². The molecule has 6 nitrogen and oxygen atoms in total. The summed E-state index contributed by atoms with van der Waals surface area (Å²) in [6.45, 7) is 5.23. The van der Waals surface area contributed by atoms with Crippen LogP contribution in [0.2, 0.25) is 5.15 Å². The van der Waals surface area contributed by atoms with Crippen LogP contribution in [-0.4, -0.2) is 27.0 Å². The van der Waals surface area contributed by atoms with E-state index in [4.69, 9.17) is 16.7 Å². The lowest BCUT2D eigenvalue weighted by Gasteiger charge is -2.05. The van der Waals surface area contributed by atoms with E-state index in [1.165, 1.54) is 0 Å². The van der Waals surface area contributed by atoms with Gasteiger partial charge in [0.15, 0.2) is 0 Å². The van der Waals surface area contributed by atoms with Gasteiger partial charge in [-0.1, -0.05) is 25.4 Å². The molecule has 0 aromatic carbocycles. The first-order chi connectivity index (χ1) is 8.73. The number of rotatable bonds is 3. The maximum absolute atomic E-state index is 12.0. The number of carbonyl (C=O) groups is 2. The van der Waals surface area contributed by atoms with Crippen LogP contribution in [0.15, 0.2) is 6.07 Å². The Labute approximate surface area is 115 Å². The third-order valence-corrected chi connectivity index (χ3v) is 3.63. The molecule has 1 amide bonds. The number of nitrogens with one attached hydrogen (secondary N) is 1. The zero-order chi connectivity index (χ0) is 14.4. The SMILES string of the molecule is Cc1cc(Cl)nc(NC(=O)C2C(C(=O)O)C2(C)C)n1. The van der Waals surface area contributed by atoms with Crippen LogP contribution in [-0.2, 0) is 9.59 Å². The monoisotopic (exact) mass is 283 g/mol. The summed E-state index contributed by atoms with van der Waals surface area (Å²) >= 11 is 5.77. The van der Waals surface area contributed by atoms with Crippen LogP contribution in [0.4, 0.5) is 5.95 Å². The quantitative estimate of drug-likeness (QED) is 0.824. The fourth-order valence-corrected chi connectivity index (χ4v) is 2.60. The van der Waals surface area contributed by atoms with Crippen molar-refractivity contribution < 1.29 is 14.7 Å². The van der Waals surface area contributed by atoms with Gasteiger partial charge in [0.1, 0.15) is 5.15 Å². The second-order valence-electron chi connectivity index (χ2n) is 5.26. The molecule has 1 aromatic rings. The van der Waals surface area contributed by atoms with Gasteiger partial charge in [0, 0.05) is 5.69 Å². The van der Waals surface area contributed by atoms with E-state index >= 15 is 0 Å². The van der Waals surface area contributed by atoms with Gasteiger partial charge in [0.05, 0.1) is 11.8 Å². The molecule has 1 saturated carbocycles. The number of aryl methyl sites for hydroxylation is 1. The Hall–Kier alpha value is -1.69. The molecule has 7 heteroatoms. The van der Waals surface area contributed by atoms with Gasteiger partial charge in [-0.15, -0.1) is 0 Å². The van der Waals surface area contributed by atoms with Crippen LogP contribution < -0.4 is 5.32 Å². The predicted molar refractivity (Wildman–Crippen MR) is 68.8 cm³/mol. The number of anilines is 1. The van der Waals surface area contributed by atoms with Crippen LogP contribution in [0.25, 0.3) is 0 Å². The first-order valence-corrected chi connectivity index (χ1v) is 6.16. The van der Waals surface area contributed by atoms with E-state index in [0.29, 0.717) is 5.69 Å². The Balaban J connectivity index is 2.13. The summed E-state index contributed by atoms with van der Waals surface area (Å²) in [4.78, 5) is 31.0. The lowest BCUT2D eigenvalue weighted by molar-refractivity contribution is -0.140. The molecule has 0 bridgehead atoms. The van der Waals surface area contributed by atoms with Crippen molar-refractivity contribution in [3.8, 4) is 0 Å². The normalized spacial score (nSPS) is 23.8. The summed E-state index contributed by atoms with van der Waals surface area (Å²) in [5.74, 6) is -2.50. The highest BCUT2D eigenvalue weighted by Crippen LogP contribution is 2.58. The van der Waals surface area contributed by atoms with Crippen molar-refractivity contribution in [2.45, 2.75) is 20.8 Å². The maximum Gasteiger partial charge on any atom is 0.307 e. The van der Waals surface area contributed by atoms with Gasteiger partial charge in [-0.25, -0.2) is 9.97 Å². The fraction of sp³-hybridized carbons (Fsp3) is 0.500. The molecule has 2 N–H and O–H groups in total. The molecule has 19 heavy (non-hydrogen) atoms. The number of halogens is 1. The predicted octanol–water partition coefficient (Wildman–Crippen LogP) is 1.73. The largest absolute Gasteiger partial charge is 0.481 e. The molecule has 0 spiro atoms. The number of aromatic nitrogens is 2. The van der Waals surface area contributed by atoms with Crippen LogP contribution in [0, 0.1) is 24.2 Å². The number of carboxylic acids is 1. The maximum atomic E-state index is 12.0. The summed E-state index contributed by atoms with van der Waals surface area (Å²) in [6, 6.07) is 1.57. The molecule has 1 aliphatic rings. The minimum absolute atomic E-state index is 0.0989. The van der Waals surface area contributed by atoms with E-state index in [1.807, 2.05) is 0 Å². The van der Waals surface area contributed by atoms with E-state index in [9.17, 15) is 9.59 Å². The summed E-state index contributed by atoms with van der Waals surface area (Å²) in [7, 11) is 0. The van der Waals surface area contributed by atoms with Gasteiger partial charge >= 0.3 is 5.97 Å². The molecule has 1 aromatic heterocycles. The lowest BCUT2D eigenvalue weighted by Crippen LogP contribution is -2.19. The second kappa shape index (κ2) is 4.45. The Bertz CT molecular complexity index is 539. The number of amides is 1. The molecule has 1 fully saturated rings. The van der Waals surface area contributed by atoms with Gasteiger partial charge in [-0.2, -0.15) is 0 Å². The van der Waals surface area contributed by atoms with Crippen molar-refractivity contribution >= 4 is 29.4 Å². The Morgan fingerprint density at radius 3 is 2.47 bits per heavy atom. The third kappa shape index (κ3) is 2.53. The van der Waals surface area contributed by atoms with Gasteiger partial charge in [0.2, 0.25) is 11.9 Å². The molecule has 2 atom stereocenters. The first-order valence-electron chi connectivity index (χ1n) is 5.78. The Kier molecular flexibility index (Phi) is 3.22. The van der Waals surface area contributed by atoms with Gasteiger partial charge < -0.3 is 5.11 Å². The molecular formula is C12H14ClN3O3. The molecule has 1 aliphatic carbocycles. The molecular weight excluding hydrogens is 270 g/mol. The van der Waals surface area contributed by atoms with Crippen molar-refractivity contribution in [2.75, 3.05) is 5.32 Å². The molecule has 0 aliphatic heterocycles. The smallest absolute Gasteiger partial charge is 0.307 e. The van der Waals surface area contributed by atoms with Crippen LogP contribution in [0.1, 0.15) is 19.5 Å². The lowest BCUT2D eigenvalue weighted by atomic mass is 10.1. The number of carbonyl (C=O) groups excluding carboxylic acids is 1. The van der Waals surface area contributed by atoms with Gasteiger partial charge in [-0.05, 0) is 18.4 Å². The summed E-state index contributed by atoms with van der Waals surface area (Å²) in [6.07, 6.45) is 0. The molecule has 0 saturated heterocycles. The standard InChI is InChI=1S/C12H14ClN3O3/c1-5-4-6(13)15-11(14-5)16-9(17)7-8(10(18)19)12(7,2)3/h4,7-8H,1-3H3,(H,18,19)(H,14,15,16,17). The zero-order valence-electron chi connectivity index (χ0n) is 10.8. The number of carboxylic acid groups (broad SMARTS) is 1. The molecule has 0 radical (unpaired) electrons. The van der Waals surface area contributed by atoms with Crippen LogP contribution in [0.3, 0.4) is 0 Å². The van der Waals surface area contributed by atoms with E-state index in [0.717, 1.165) is 0 Å². The average molecular weight is 284 g/mol.